The molecule has 1 saturated heterocycles. The number of nitrogens with one attached hydrogen (secondary N) is 2. The van der Waals surface area contributed by atoms with Crippen molar-refractivity contribution in [1.29, 1.82) is 0 Å². The summed E-state index contributed by atoms with van der Waals surface area (Å²) in [6.45, 7) is 4.54. The second-order valence-corrected chi connectivity index (χ2v) is 8.75. The van der Waals surface area contributed by atoms with Gasteiger partial charge in [0.2, 0.25) is 5.91 Å². The maximum absolute atomic E-state index is 12.4. The third kappa shape index (κ3) is 3.35. The van der Waals surface area contributed by atoms with Crippen LogP contribution in [0.2, 0.25) is 0 Å². The van der Waals surface area contributed by atoms with Gasteiger partial charge in [-0.3, -0.25) is 9.59 Å². The molecular formula is C17H22N4O2S2. The van der Waals surface area contributed by atoms with Crippen LogP contribution < -0.4 is 10.9 Å². The summed E-state index contributed by atoms with van der Waals surface area (Å²) in [7, 11) is 0. The van der Waals surface area contributed by atoms with Crippen LogP contribution in [0.25, 0.3) is 10.2 Å². The minimum atomic E-state index is -0.0259. The number of amides is 1. The Hall–Kier alpha value is -1.38. The third-order valence-electron chi connectivity index (χ3n) is 4.91. The summed E-state index contributed by atoms with van der Waals surface area (Å²) >= 11 is 3.17. The SMILES string of the molecule is C[C@H]1CNCCN1C(=O)CSCc1nc2sc3c(c2c(=O)[nH]1)CCC3. The van der Waals surface area contributed by atoms with Crippen molar-refractivity contribution in [3.8, 4) is 0 Å². The standard InChI is InChI=1S/C17H22N4O2S2/c1-10-7-18-5-6-21(10)14(22)9-24-8-13-19-16(23)15-11-3-2-4-12(11)25-17(15)20-13/h10,18H,2-9H2,1H3,(H,19,20,23)/t10-/m0/s1. The molecule has 6 nitrogen and oxygen atoms in total. The van der Waals surface area contributed by atoms with E-state index < -0.39 is 0 Å². The quantitative estimate of drug-likeness (QED) is 0.844. The first-order chi connectivity index (χ1) is 12.1. The van der Waals surface area contributed by atoms with Crippen LogP contribution in [0.3, 0.4) is 0 Å². The molecule has 3 heterocycles. The van der Waals surface area contributed by atoms with E-state index in [2.05, 4.69) is 22.2 Å². The number of carbonyl (C=O) groups is 1. The van der Waals surface area contributed by atoms with Gasteiger partial charge in [-0.2, -0.15) is 0 Å². The number of piperazine rings is 1. The molecule has 1 aliphatic carbocycles. The molecular weight excluding hydrogens is 356 g/mol. The molecule has 0 saturated carbocycles. The number of aromatic amines is 1. The first kappa shape index (κ1) is 17.1. The van der Waals surface area contributed by atoms with Crippen molar-refractivity contribution in [2.75, 3.05) is 25.4 Å². The number of hydrogen-bond acceptors (Lipinski definition) is 6. The van der Waals surface area contributed by atoms with E-state index in [1.54, 1.807) is 11.3 Å². The van der Waals surface area contributed by atoms with Crippen LogP contribution >= 0.6 is 23.1 Å². The number of aromatic nitrogens is 2. The summed E-state index contributed by atoms with van der Waals surface area (Å²) in [5, 5.41) is 4.08. The average molecular weight is 379 g/mol. The second kappa shape index (κ2) is 7.09. The molecule has 0 aromatic carbocycles. The summed E-state index contributed by atoms with van der Waals surface area (Å²) in [5.74, 6) is 1.81. The Morgan fingerprint density at radius 3 is 3.16 bits per heavy atom. The van der Waals surface area contributed by atoms with E-state index in [0.717, 1.165) is 49.1 Å². The number of thiophene rings is 1. The summed E-state index contributed by atoms with van der Waals surface area (Å²) in [5.41, 5.74) is 1.18. The van der Waals surface area contributed by atoms with Crippen molar-refractivity contribution in [2.45, 2.75) is 38.0 Å². The monoisotopic (exact) mass is 378 g/mol. The molecule has 2 N–H and O–H groups in total. The summed E-state index contributed by atoms with van der Waals surface area (Å²) in [4.78, 5) is 36.4. The number of nitrogens with zero attached hydrogens (tertiary/aromatic N) is 2. The fraction of sp³-hybridized carbons (Fsp3) is 0.588. The molecule has 0 unspecified atom stereocenters. The minimum absolute atomic E-state index is 0.0259. The highest BCUT2D eigenvalue weighted by Crippen LogP contribution is 2.34. The van der Waals surface area contributed by atoms with E-state index in [0.29, 0.717) is 17.3 Å². The molecule has 2 aromatic heterocycles. The van der Waals surface area contributed by atoms with Gasteiger partial charge in [0, 0.05) is 30.6 Å². The highest BCUT2D eigenvalue weighted by atomic mass is 32.2. The van der Waals surface area contributed by atoms with E-state index in [1.807, 2.05) is 4.90 Å². The molecule has 2 aromatic rings. The van der Waals surface area contributed by atoms with E-state index in [4.69, 9.17) is 0 Å². The Balaban J connectivity index is 1.41. The van der Waals surface area contributed by atoms with E-state index in [1.165, 1.54) is 22.2 Å². The summed E-state index contributed by atoms with van der Waals surface area (Å²) in [6.07, 6.45) is 3.20. The zero-order valence-electron chi connectivity index (χ0n) is 14.3. The lowest BCUT2D eigenvalue weighted by molar-refractivity contribution is -0.131. The zero-order chi connectivity index (χ0) is 17.4. The molecule has 1 aliphatic heterocycles. The van der Waals surface area contributed by atoms with Gasteiger partial charge < -0.3 is 15.2 Å². The number of thioether (sulfide) groups is 1. The molecule has 1 atom stereocenters. The average Bonchev–Trinajstić information content (AvgIpc) is 3.15. The normalized spacial score (nSPS) is 20.2. The Morgan fingerprint density at radius 2 is 2.32 bits per heavy atom. The van der Waals surface area contributed by atoms with Crippen molar-refractivity contribution in [3.05, 3.63) is 26.6 Å². The van der Waals surface area contributed by atoms with Crippen LogP contribution in [0.15, 0.2) is 4.79 Å². The molecule has 1 amide bonds. The largest absolute Gasteiger partial charge is 0.337 e. The molecule has 0 radical (unpaired) electrons. The van der Waals surface area contributed by atoms with Crippen LogP contribution in [0.5, 0.6) is 0 Å². The predicted octanol–water partition coefficient (Wildman–Crippen LogP) is 1.53. The number of aryl methyl sites for hydroxylation is 2. The molecule has 0 spiro atoms. The molecule has 134 valence electrons. The fourth-order valence-corrected chi connectivity index (χ4v) is 5.70. The van der Waals surface area contributed by atoms with Crippen LogP contribution in [0.4, 0.5) is 0 Å². The predicted molar refractivity (Wildman–Crippen MR) is 102 cm³/mol. The van der Waals surface area contributed by atoms with E-state index in [9.17, 15) is 9.59 Å². The van der Waals surface area contributed by atoms with Crippen LogP contribution in [0, 0.1) is 0 Å². The molecule has 25 heavy (non-hydrogen) atoms. The van der Waals surface area contributed by atoms with Gasteiger partial charge in [-0.15, -0.1) is 23.1 Å². The Kier molecular flexibility index (Phi) is 4.84. The van der Waals surface area contributed by atoms with Gasteiger partial charge in [-0.05, 0) is 31.7 Å². The number of hydrogen-bond donors (Lipinski definition) is 2. The van der Waals surface area contributed by atoms with Gasteiger partial charge >= 0.3 is 0 Å². The van der Waals surface area contributed by atoms with Gasteiger partial charge in [0.05, 0.1) is 16.9 Å². The zero-order valence-corrected chi connectivity index (χ0v) is 15.9. The summed E-state index contributed by atoms with van der Waals surface area (Å²) in [6, 6.07) is 0.240. The molecule has 2 aliphatic rings. The van der Waals surface area contributed by atoms with Gasteiger partial charge in [-0.1, -0.05) is 0 Å². The third-order valence-corrected chi connectivity index (χ3v) is 7.02. The van der Waals surface area contributed by atoms with Crippen molar-refractivity contribution in [1.82, 2.24) is 20.2 Å². The van der Waals surface area contributed by atoms with Gasteiger partial charge in [0.15, 0.2) is 0 Å². The van der Waals surface area contributed by atoms with Crippen LogP contribution in [-0.4, -0.2) is 52.2 Å². The van der Waals surface area contributed by atoms with Crippen molar-refractivity contribution in [3.63, 3.8) is 0 Å². The van der Waals surface area contributed by atoms with E-state index in [-0.39, 0.29) is 17.5 Å². The second-order valence-electron chi connectivity index (χ2n) is 6.68. The number of fused-ring (bicyclic) bond motifs is 3. The fourth-order valence-electron chi connectivity index (χ4n) is 3.64. The van der Waals surface area contributed by atoms with Crippen molar-refractivity contribution in [2.24, 2.45) is 0 Å². The first-order valence-electron chi connectivity index (χ1n) is 8.75. The van der Waals surface area contributed by atoms with E-state index >= 15 is 0 Å². The smallest absolute Gasteiger partial charge is 0.259 e. The van der Waals surface area contributed by atoms with Gasteiger partial charge in [0.25, 0.3) is 5.56 Å². The lowest BCUT2D eigenvalue weighted by Crippen LogP contribution is -2.52. The van der Waals surface area contributed by atoms with Crippen molar-refractivity contribution < 1.29 is 4.79 Å². The highest BCUT2D eigenvalue weighted by molar-refractivity contribution is 7.99. The minimum Gasteiger partial charge on any atom is -0.337 e. The van der Waals surface area contributed by atoms with Crippen LogP contribution in [0.1, 0.15) is 29.6 Å². The molecule has 0 bridgehead atoms. The molecule has 8 heteroatoms. The lowest BCUT2D eigenvalue weighted by Gasteiger charge is -2.33. The molecule has 4 rings (SSSR count). The topological polar surface area (TPSA) is 78.1 Å². The maximum atomic E-state index is 12.4. The van der Waals surface area contributed by atoms with Gasteiger partial charge in [0.1, 0.15) is 10.7 Å². The Labute approximate surface area is 154 Å². The first-order valence-corrected chi connectivity index (χ1v) is 10.7. The summed E-state index contributed by atoms with van der Waals surface area (Å²) < 4.78 is 0. The number of rotatable bonds is 4. The Bertz CT molecular complexity index is 860. The molecule has 1 fully saturated rings. The number of H-pyrrole nitrogens is 1. The number of carbonyl (C=O) groups excluding carboxylic acids is 1. The van der Waals surface area contributed by atoms with Crippen molar-refractivity contribution >= 4 is 39.2 Å². The van der Waals surface area contributed by atoms with Gasteiger partial charge in [-0.25, -0.2) is 4.98 Å². The van der Waals surface area contributed by atoms with Crippen LogP contribution in [-0.2, 0) is 23.4 Å². The highest BCUT2D eigenvalue weighted by Gasteiger charge is 2.23. The Morgan fingerprint density at radius 1 is 1.44 bits per heavy atom. The lowest BCUT2D eigenvalue weighted by atomic mass is 10.2. The maximum Gasteiger partial charge on any atom is 0.259 e.